The molecule has 2 rings (SSSR count). The molecule has 0 saturated carbocycles. The van der Waals surface area contributed by atoms with Crippen LogP contribution in [0, 0.1) is 0 Å². The van der Waals surface area contributed by atoms with Gasteiger partial charge in [0.25, 0.3) is 5.91 Å². The quantitative estimate of drug-likeness (QED) is 0.548. The van der Waals surface area contributed by atoms with Crippen LogP contribution in [0.4, 0.5) is 0 Å². The maximum Gasteiger partial charge on any atom is 0.277 e. The normalized spacial score (nSPS) is 10.6. The minimum atomic E-state index is -0.352. The van der Waals surface area contributed by atoms with Crippen molar-refractivity contribution >= 4 is 44.0 Å². The number of hydrazone groups is 1. The molecular formula is C16H14Br2N2O3. The number of halogens is 2. The van der Waals surface area contributed by atoms with Crippen LogP contribution in [0.5, 0.6) is 11.5 Å². The molecule has 7 heteroatoms. The van der Waals surface area contributed by atoms with Gasteiger partial charge in [0.1, 0.15) is 11.5 Å². The molecule has 0 bridgehead atoms. The van der Waals surface area contributed by atoms with Crippen molar-refractivity contribution in [2.75, 3.05) is 13.7 Å². The summed E-state index contributed by atoms with van der Waals surface area (Å²) >= 11 is 6.71. The lowest BCUT2D eigenvalue weighted by molar-refractivity contribution is -0.123. The van der Waals surface area contributed by atoms with Gasteiger partial charge in [-0.05, 0) is 36.4 Å². The van der Waals surface area contributed by atoms with E-state index in [9.17, 15) is 4.79 Å². The Bertz CT molecular complexity index is 720. The molecular weight excluding hydrogens is 428 g/mol. The maximum atomic E-state index is 11.7. The van der Waals surface area contributed by atoms with Gasteiger partial charge in [-0.15, -0.1) is 0 Å². The molecule has 0 aliphatic carbocycles. The smallest absolute Gasteiger partial charge is 0.277 e. The van der Waals surface area contributed by atoms with E-state index < -0.39 is 0 Å². The molecule has 0 radical (unpaired) electrons. The highest BCUT2D eigenvalue weighted by Gasteiger charge is 2.03. The molecule has 0 fully saturated rings. The zero-order valence-electron chi connectivity index (χ0n) is 12.3. The van der Waals surface area contributed by atoms with Gasteiger partial charge >= 0.3 is 0 Å². The Kier molecular flexibility index (Phi) is 6.61. The highest BCUT2D eigenvalue weighted by Crippen LogP contribution is 2.21. The molecule has 2 aromatic carbocycles. The second-order valence-corrected chi connectivity index (χ2v) is 6.26. The fraction of sp³-hybridized carbons (Fsp3) is 0.125. The molecule has 0 aromatic heterocycles. The molecule has 23 heavy (non-hydrogen) atoms. The number of methoxy groups -OCH3 is 1. The summed E-state index contributed by atoms with van der Waals surface area (Å²) in [6.07, 6.45) is 1.51. The number of nitrogens with zero attached hydrogens (tertiary/aromatic N) is 1. The van der Waals surface area contributed by atoms with Crippen molar-refractivity contribution in [2.45, 2.75) is 0 Å². The average Bonchev–Trinajstić information content (AvgIpc) is 2.53. The fourth-order valence-electron chi connectivity index (χ4n) is 1.72. The number of carbonyl (C=O) groups is 1. The van der Waals surface area contributed by atoms with Gasteiger partial charge in [-0.2, -0.15) is 5.10 Å². The summed E-state index contributed by atoms with van der Waals surface area (Å²) < 4.78 is 12.4. The second-order valence-electron chi connectivity index (χ2n) is 4.43. The Morgan fingerprint density at radius 3 is 2.74 bits per heavy atom. The zero-order valence-corrected chi connectivity index (χ0v) is 15.4. The summed E-state index contributed by atoms with van der Waals surface area (Å²) in [5.74, 6) is 0.916. The lowest BCUT2D eigenvalue weighted by Crippen LogP contribution is -2.24. The number of amides is 1. The third-order valence-corrected chi connectivity index (χ3v) is 3.74. The first kappa shape index (κ1) is 17.5. The summed E-state index contributed by atoms with van der Waals surface area (Å²) in [7, 11) is 1.57. The minimum absolute atomic E-state index is 0.122. The highest BCUT2D eigenvalue weighted by molar-refractivity contribution is 9.10. The highest BCUT2D eigenvalue weighted by atomic mass is 79.9. The van der Waals surface area contributed by atoms with Gasteiger partial charge in [-0.25, -0.2) is 5.43 Å². The van der Waals surface area contributed by atoms with Crippen LogP contribution in [0.3, 0.4) is 0 Å². The number of ether oxygens (including phenoxy) is 2. The summed E-state index contributed by atoms with van der Waals surface area (Å²) in [5, 5.41) is 3.91. The molecule has 0 aliphatic heterocycles. The number of carbonyl (C=O) groups excluding carboxylic acids is 1. The third-order valence-electron chi connectivity index (χ3n) is 2.75. The number of rotatable bonds is 6. The molecule has 2 aromatic rings. The molecule has 0 spiro atoms. The van der Waals surface area contributed by atoms with E-state index in [2.05, 4.69) is 42.4 Å². The number of benzene rings is 2. The molecule has 1 amide bonds. The summed E-state index contributed by atoms with van der Waals surface area (Å²) in [5.41, 5.74) is 3.16. The van der Waals surface area contributed by atoms with Crippen molar-refractivity contribution in [1.29, 1.82) is 0 Å². The molecule has 0 unspecified atom stereocenters. The molecule has 5 nitrogen and oxygen atoms in total. The van der Waals surface area contributed by atoms with Crippen molar-refractivity contribution in [3.8, 4) is 11.5 Å². The SMILES string of the molecule is COc1ccc(Br)cc1/C=N\NC(=O)COc1cccc(Br)c1. The average molecular weight is 442 g/mol. The number of hydrogen-bond donors (Lipinski definition) is 1. The predicted octanol–water partition coefficient (Wildman–Crippen LogP) is 3.75. The Morgan fingerprint density at radius 2 is 2.00 bits per heavy atom. The number of hydrogen-bond acceptors (Lipinski definition) is 4. The second kappa shape index (κ2) is 8.69. The van der Waals surface area contributed by atoms with Gasteiger partial charge in [0.2, 0.25) is 0 Å². The van der Waals surface area contributed by atoms with E-state index in [4.69, 9.17) is 9.47 Å². The van der Waals surface area contributed by atoms with Crippen LogP contribution in [0.15, 0.2) is 56.5 Å². The standard InChI is InChI=1S/C16H14Br2N2O3/c1-22-15-6-5-13(18)7-11(15)9-19-20-16(21)10-23-14-4-2-3-12(17)8-14/h2-9H,10H2,1H3,(H,20,21)/b19-9-. The van der Waals surface area contributed by atoms with Crippen LogP contribution in [0.2, 0.25) is 0 Å². The molecule has 1 N–H and O–H groups in total. The molecule has 120 valence electrons. The number of nitrogens with one attached hydrogen (secondary N) is 1. The fourth-order valence-corrected chi connectivity index (χ4v) is 2.47. The molecule has 0 aliphatic rings. The molecule has 0 heterocycles. The minimum Gasteiger partial charge on any atom is -0.496 e. The van der Waals surface area contributed by atoms with Crippen molar-refractivity contribution in [3.05, 3.63) is 57.0 Å². The van der Waals surface area contributed by atoms with E-state index in [0.717, 1.165) is 14.5 Å². The topological polar surface area (TPSA) is 59.9 Å². The van der Waals surface area contributed by atoms with Crippen LogP contribution >= 0.6 is 31.9 Å². The van der Waals surface area contributed by atoms with Crippen molar-refractivity contribution in [1.82, 2.24) is 5.43 Å². The summed E-state index contributed by atoms with van der Waals surface area (Å²) in [6, 6.07) is 12.8. The lowest BCUT2D eigenvalue weighted by Gasteiger charge is -2.06. The van der Waals surface area contributed by atoms with Gasteiger partial charge < -0.3 is 9.47 Å². The van der Waals surface area contributed by atoms with Crippen molar-refractivity contribution in [3.63, 3.8) is 0 Å². The first-order chi connectivity index (χ1) is 11.1. The first-order valence-electron chi connectivity index (χ1n) is 6.62. The van der Waals surface area contributed by atoms with Gasteiger partial charge in [-0.3, -0.25) is 4.79 Å². The largest absolute Gasteiger partial charge is 0.496 e. The van der Waals surface area contributed by atoms with Gasteiger partial charge in [0.15, 0.2) is 6.61 Å². The van der Waals surface area contributed by atoms with Crippen LogP contribution in [-0.2, 0) is 4.79 Å². The zero-order chi connectivity index (χ0) is 16.7. The summed E-state index contributed by atoms with van der Waals surface area (Å²) in [6.45, 7) is -0.122. The Labute approximate surface area is 150 Å². The van der Waals surface area contributed by atoms with E-state index in [1.54, 1.807) is 19.2 Å². The Hall–Kier alpha value is -1.86. The molecule has 0 saturated heterocycles. The van der Waals surface area contributed by atoms with E-state index in [1.807, 2.05) is 30.3 Å². The monoisotopic (exact) mass is 440 g/mol. The maximum absolute atomic E-state index is 11.7. The van der Waals surface area contributed by atoms with Crippen LogP contribution < -0.4 is 14.9 Å². The van der Waals surface area contributed by atoms with Gasteiger partial charge in [-0.1, -0.05) is 37.9 Å². The van der Waals surface area contributed by atoms with Crippen molar-refractivity contribution in [2.24, 2.45) is 5.10 Å². The van der Waals surface area contributed by atoms with Gasteiger partial charge in [0, 0.05) is 14.5 Å². The van der Waals surface area contributed by atoms with Crippen molar-refractivity contribution < 1.29 is 14.3 Å². The van der Waals surface area contributed by atoms with Gasteiger partial charge in [0.05, 0.1) is 13.3 Å². The van der Waals surface area contributed by atoms with E-state index in [1.165, 1.54) is 6.21 Å². The van der Waals surface area contributed by atoms with Crippen LogP contribution in [0.1, 0.15) is 5.56 Å². The Balaban J connectivity index is 1.88. The van der Waals surface area contributed by atoms with E-state index >= 15 is 0 Å². The predicted molar refractivity (Wildman–Crippen MR) is 96.1 cm³/mol. The van der Waals surface area contributed by atoms with E-state index in [0.29, 0.717) is 11.5 Å². The first-order valence-corrected chi connectivity index (χ1v) is 8.21. The van der Waals surface area contributed by atoms with E-state index in [-0.39, 0.29) is 12.5 Å². The van der Waals surface area contributed by atoms with Crippen LogP contribution in [0.25, 0.3) is 0 Å². The molecule has 0 atom stereocenters. The Morgan fingerprint density at radius 1 is 1.22 bits per heavy atom. The third kappa shape index (κ3) is 5.69. The summed E-state index contributed by atoms with van der Waals surface area (Å²) in [4.78, 5) is 11.7. The lowest BCUT2D eigenvalue weighted by atomic mass is 10.2. The van der Waals surface area contributed by atoms with Crippen LogP contribution in [-0.4, -0.2) is 25.8 Å².